The van der Waals surface area contributed by atoms with Gasteiger partial charge in [-0.15, -0.1) is 0 Å². The highest BCUT2D eigenvalue weighted by molar-refractivity contribution is 5.79. The van der Waals surface area contributed by atoms with Crippen molar-refractivity contribution < 1.29 is 4.74 Å². The molecule has 0 amide bonds. The lowest BCUT2D eigenvalue weighted by atomic mass is 10.1. The number of hydrogen-bond acceptors (Lipinski definition) is 4. The second kappa shape index (κ2) is 11.0. The van der Waals surface area contributed by atoms with Crippen LogP contribution < -0.4 is 15.5 Å². The minimum Gasteiger partial charge on any atom is -0.375 e. The summed E-state index contributed by atoms with van der Waals surface area (Å²) in [6.45, 7) is 9.84. The lowest BCUT2D eigenvalue weighted by molar-refractivity contribution is 0.0529. The van der Waals surface area contributed by atoms with E-state index in [0.717, 1.165) is 37.0 Å². The standard InChI is InChI=1S/C20H35N5O/c1-5-6-7-8-16(2)24-20(21-4)23-14-18-9-10-19(22-13-18)25-11-12-26-17(3)15-25/h9-10,13,16-17H,5-8,11-12,14-15H2,1-4H3,(H2,21,23,24). The van der Waals surface area contributed by atoms with Crippen LogP contribution in [-0.4, -0.2) is 49.8 Å². The first kappa shape index (κ1) is 20.5. The van der Waals surface area contributed by atoms with Gasteiger partial charge in [-0.3, -0.25) is 4.99 Å². The van der Waals surface area contributed by atoms with Gasteiger partial charge in [-0.05, 0) is 31.9 Å². The van der Waals surface area contributed by atoms with Gasteiger partial charge in [-0.1, -0.05) is 32.3 Å². The van der Waals surface area contributed by atoms with E-state index in [1.807, 2.05) is 13.2 Å². The number of ether oxygens (including phenoxy) is 1. The highest BCUT2D eigenvalue weighted by Gasteiger charge is 2.17. The molecule has 0 aliphatic carbocycles. The van der Waals surface area contributed by atoms with Gasteiger partial charge in [0.05, 0.1) is 12.7 Å². The molecule has 1 saturated heterocycles. The van der Waals surface area contributed by atoms with Crippen molar-refractivity contribution >= 4 is 11.8 Å². The quantitative estimate of drug-likeness (QED) is 0.423. The van der Waals surface area contributed by atoms with Gasteiger partial charge in [-0.25, -0.2) is 4.98 Å². The Balaban J connectivity index is 1.78. The van der Waals surface area contributed by atoms with Crippen molar-refractivity contribution in [2.45, 2.75) is 65.1 Å². The van der Waals surface area contributed by atoms with Crippen molar-refractivity contribution in [3.05, 3.63) is 23.9 Å². The molecule has 2 N–H and O–H groups in total. The van der Waals surface area contributed by atoms with Gasteiger partial charge < -0.3 is 20.3 Å². The van der Waals surface area contributed by atoms with Crippen molar-refractivity contribution in [1.82, 2.24) is 15.6 Å². The van der Waals surface area contributed by atoms with Gasteiger partial charge in [0.1, 0.15) is 5.82 Å². The molecule has 2 heterocycles. The Hall–Kier alpha value is -1.82. The van der Waals surface area contributed by atoms with Crippen LogP contribution in [0.15, 0.2) is 23.3 Å². The molecule has 2 atom stereocenters. The van der Waals surface area contributed by atoms with E-state index in [0.29, 0.717) is 12.6 Å². The van der Waals surface area contributed by atoms with Crippen molar-refractivity contribution in [2.75, 3.05) is 31.6 Å². The molecule has 146 valence electrons. The summed E-state index contributed by atoms with van der Waals surface area (Å²) in [5.41, 5.74) is 1.15. The number of aromatic nitrogens is 1. The summed E-state index contributed by atoms with van der Waals surface area (Å²) in [6, 6.07) is 4.66. The van der Waals surface area contributed by atoms with Crippen LogP contribution in [0.3, 0.4) is 0 Å². The molecule has 1 aromatic heterocycles. The number of pyridine rings is 1. The largest absolute Gasteiger partial charge is 0.375 e. The maximum absolute atomic E-state index is 5.59. The average Bonchev–Trinajstić information content (AvgIpc) is 2.65. The first-order valence-electron chi connectivity index (χ1n) is 9.91. The third kappa shape index (κ3) is 6.83. The number of morpholine rings is 1. The second-order valence-electron chi connectivity index (χ2n) is 7.12. The molecule has 0 saturated carbocycles. The summed E-state index contributed by atoms with van der Waals surface area (Å²) in [5, 5.41) is 6.84. The Morgan fingerprint density at radius 1 is 1.42 bits per heavy atom. The molecule has 1 aliphatic rings. The second-order valence-corrected chi connectivity index (χ2v) is 7.12. The zero-order chi connectivity index (χ0) is 18.8. The molecule has 0 bridgehead atoms. The van der Waals surface area contributed by atoms with Crippen LogP contribution in [-0.2, 0) is 11.3 Å². The van der Waals surface area contributed by atoms with Gasteiger partial charge in [0.15, 0.2) is 5.96 Å². The van der Waals surface area contributed by atoms with Crippen LogP contribution in [0.1, 0.15) is 52.0 Å². The Kier molecular flexibility index (Phi) is 8.68. The van der Waals surface area contributed by atoms with E-state index in [9.17, 15) is 0 Å². The first-order valence-corrected chi connectivity index (χ1v) is 9.91. The summed E-state index contributed by atoms with van der Waals surface area (Å²) >= 11 is 0. The summed E-state index contributed by atoms with van der Waals surface area (Å²) in [4.78, 5) is 11.2. The van der Waals surface area contributed by atoms with Crippen LogP contribution in [0.25, 0.3) is 0 Å². The number of nitrogens with one attached hydrogen (secondary N) is 2. The summed E-state index contributed by atoms with van der Waals surface area (Å²) in [5.74, 6) is 1.87. The fourth-order valence-corrected chi connectivity index (χ4v) is 3.12. The maximum Gasteiger partial charge on any atom is 0.191 e. The topological polar surface area (TPSA) is 61.8 Å². The first-order chi connectivity index (χ1) is 12.6. The average molecular weight is 362 g/mol. The third-order valence-corrected chi connectivity index (χ3v) is 4.68. The molecule has 1 aliphatic heterocycles. The monoisotopic (exact) mass is 361 g/mol. The lowest BCUT2D eigenvalue weighted by Crippen LogP contribution is -2.42. The lowest BCUT2D eigenvalue weighted by Gasteiger charge is -2.32. The number of rotatable bonds is 8. The minimum absolute atomic E-state index is 0.264. The maximum atomic E-state index is 5.59. The molecular formula is C20H35N5O. The van der Waals surface area contributed by atoms with Crippen LogP contribution in [0.2, 0.25) is 0 Å². The van der Waals surface area contributed by atoms with Crippen molar-refractivity contribution in [3.8, 4) is 0 Å². The molecule has 0 spiro atoms. The third-order valence-electron chi connectivity index (χ3n) is 4.68. The zero-order valence-electron chi connectivity index (χ0n) is 16.8. The number of aliphatic imine (C=N–C) groups is 1. The summed E-state index contributed by atoms with van der Waals surface area (Å²) in [6.07, 6.45) is 7.18. The molecule has 0 radical (unpaired) electrons. The number of guanidine groups is 1. The highest BCUT2D eigenvalue weighted by Crippen LogP contribution is 2.15. The molecule has 0 aromatic carbocycles. The molecule has 26 heavy (non-hydrogen) atoms. The van der Waals surface area contributed by atoms with E-state index < -0.39 is 0 Å². The fourth-order valence-electron chi connectivity index (χ4n) is 3.12. The summed E-state index contributed by atoms with van der Waals surface area (Å²) in [7, 11) is 1.81. The van der Waals surface area contributed by atoms with Crippen LogP contribution >= 0.6 is 0 Å². The Labute approximate surface area is 158 Å². The van der Waals surface area contributed by atoms with E-state index in [1.54, 1.807) is 0 Å². The van der Waals surface area contributed by atoms with E-state index in [4.69, 9.17) is 4.74 Å². The highest BCUT2D eigenvalue weighted by atomic mass is 16.5. The molecule has 1 fully saturated rings. The molecule has 6 nitrogen and oxygen atoms in total. The Morgan fingerprint density at radius 2 is 2.27 bits per heavy atom. The normalized spacial score (nSPS) is 19.3. The van der Waals surface area contributed by atoms with Gasteiger partial charge in [0.25, 0.3) is 0 Å². The van der Waals surface area contributed by atoms with E-state index in [2.05, 4.69) is 58.4 Å². The minimum atomic E-state index is 0.264. The molecule has 6 heteroatoms. The smallest absolute Gasteiger partial charge is 0.191 e. The van der Waals surface area contributed by atoms with Crippen LogP contribution in [0, 0.1) is 0 Å². The van der Waals surface area contributed by atoms with Crippen molar-refractivity contribution in [3.63, 3.8) is 0 Å². The number of unbranched alkanes of at least 4 members (excludes halogenated alkanes) is 2. The molecule has 1 aromatic rings. The zero-order valence-corrected chi connectivity index (χ0v) is 16.8. The molecule has 2 unspecified atom stereocenters. The van der Waals surface area contributed by atoms with Crippen molar-refractivity contribution in [2.24, 2.45) is 4.99 Å². The number of nitrogens with zero attached hydrogens (tertiary/aromatic N) is 3. The van der Waals surface area contributed by atoms with Crippen LogP contribution in [0.4, 0.5) is 5.82 Å². The van der Waals surface area contributed by atoms with Gasteiger partial charge >= 0.3 is 0 Å². The van der Waals surface area contributed by atoms with E-state index >= 15 is 0 Å². The Morgan fingerprint density at radius 3 is 2.92 bits per heavy atom. The van der Waals surface area contributed by atoms with Crippen molar-refractivity contribution in [1.29, 1.82) is 0 Å². The van der Waals surface area contributed by atoms with Gasteiger partial charge in [0.2, 0.25) is 0 Å². The molecular weight excluding hydrogens is 326 g/mol. The predicted octanol–water partition coefficient (Wildman–Crippen LogP) is 2.94. The van der Waals surface area contributed by atoms with Gasteiger partial charge in [-0.2, -0.15) is 0 Å². The SMILES string of the molecule is CCCCCC(C)NC(=NC)NCc1ccc(N2CCOC(C)C2)nc1. The van der Waals surface area contributed by atoms with Gasteiger partial charge in [0, 0.05) is 38.9 Å². The molecule has 2 rings (SSSR count). The number of anilines is 1. The Bertz CT molecular complexity index is 546. The van der Waals surface area contributed by atoms with Crippen LogP contribution in [0.5, 0.6) is 0 Å². The number of hydrogen-bond donors (Lipinski definition) is 2. The van der Waals surface area contributed by atoms with E-state index in [1.165, 1.54) is 25.7 Å². The fraction of sp³-hybridized carbons (Fsp3) is 0.700. The summed E-state index contributed by atoms with van der Waals surface area (Å²) < 4.78 is 5.59. The van der Waals surface area contributed by atoms with E-state index in [-0.39, 0.29) is 6.10 Å². The predicted molar refractivity (Wildman–Crippen MR) is 109 cm³/mol.